The van der Waals surface area contributed by atoms with Crippen molar-refractivity contribution in [2.75, 3.05) is 18.1 Å². The molecule has 0 aliphatic carbocycles. The number of carbonyl (C=O) groups is 2. The maximum atomic E-state index is 12.6. The lowest BCUT2D eigenvalue weighted by atomic mass is 10.1. The molecule has 0 aliphatic heterocycles. The lowest BCUT2D eigenvalue weighted by Crippen LogP contribution is -2.35. The summed E-state index contributed by atoms with van der Waals surface area (Å²) in [5.74, 6) is 0.241. The maximum absolute atomic E-state index is 12.6. The van der Waals surface area contributed by atoms with Crippen LogP contribution in [0.25, 0.3) is 6.08 Å². The van der Waals surface area contributed by atoms with Gasteiger partial charge in [-0.05, 0) is 62.2 Å². The Bertz CT molecular complexity index is 870. The highest BCUT2D eigenvalue weighted by Crippen LogP contribution is 2.19. The third kappa shape index (κ3) is 6.15. The number of amides is 1. The summed E-state index contributed by atoms with van der Waals surface area (Å²) in [7, 11) is 0. The zero-order valence-electron chi connectivity index (χ0n) is 15.7. The molecule has 0 saturated heterocycles. The highest BCUT2D eigenvalue weighted by Gasteiger charge is 2.17. The number of benzene rings is 1. The second kappa shape index (κ2) is 9.39. The van der Waals surface area contributed by atoms with E-state index < -0.39 is 12.6 Å². The van der Waals surface area contributed by atoms with Gasteiger partial charge in [-0.3, -0.25) is 4.79 Å². The zero-order chi connectivity index (χ0) is 19.8. The van der Waals surface area contributed by atoms with Crippen LogP contribution in [0.3, 0.4) is 0 Å². The molecule has 6 heteroatoms. The molecule has 0 N–H and O–H groups in total. The zero-order valence-corrected chi connectivity index (χ0v) is 15.7. The van der Waals surface area contributed by atoms with E-state index in [9.17, 15) is 9.59 Å². The fourth-order valence-corrected chi connectivity index (χ4v) is 2.62. The Morgan fingerprint density at radius 2 is 1.89 bits per heavy atom. The van der Waals surface area contributed by atoms with Gasteiger partial charge < -0.3 is 14.1 Å². The van der Waals surface area contributed by atoms with Gasteiger partial charge in [0.1, 0.15) is 11.5 Å². The van der Waals surface area contributed by atoms with E-state index in [0.29, 0.717) is 11.4 Å². The van der Waals surface area contributed by atoms with Crippen LogP contribution in [0.2, 0.25) is 0 Å². The second-order valence-corrected chi connectivity index (χ2v) is 6.19. The summed E-state index contributed by atoms with van der Waals surface area (Å²) in [5.41, 5.74) is 2.70. The van der Waals surface area contributed by atoms with Gasteiger partial charge in [-0.1, -0.05) is 6.07 Å². The first-order chi connectivity index (χ1) is 12.9. The van der Waals surface area contributed by atoms with Crippen molar-refractivity contribution in [2.45, 2.75) is 27.2 Å². The van der Waals surface area contributed by atoms with Crippen LogP contribution >= 0.6 is 0 Å². The maximum Gasteiger partial charge on any atom is 0.331 e. The van der Waals surface area contributed by atoms with Crippen molar-refractivity contribution < 1.29 is 18.7 Å². The number of anilines is 1. The van der Waals surface area contributed by atoms with Crippen LogP contribution in [0.5, 0.6) is 0 Å². The minimum Gasteiger partial charge on any atom is -0.462 e. The molecule has 0 spiro atoms. The number of esters is 1. The van der Waals surface area contributed by atoms with Gasteiger partial charge in [0.25, 0.3) is 5.91 Å². The lowest BCUT2D eigenvalue weighted by molar-refractivity contribution is -0.142. The fourth-order valence-electron chi connectivity index (χ4n) is 2.62. The van der Waals surface area contributed by atoms with Crippen LogP contribution in [-0.4, -0.2) is 25.0 Å². The van der Waals surface area contributed by atoms with Crippen LogP contribution in [0, 0.1) is 32.1 Å². The van der Waals surface area contributed by atoms with Crippen molar-refractivity contribution >= 4 is 23.6 Å². The monoisotopic (exact) mass is 366 g/mol. The summed E-state index contributed by atoms with van der Waals surface area (Å²) in [5, 5.41) is 8.86. The molecule has 1 aromatic carbocycles. The molecule has 2 rings (SSSR count). The molecule has 0 radical (unpaired) electrons. The highest BCUT2D eigenvalue weighted by molar-refractivity contribution is 5.96. The summed E-state index contributed by atoms with van der Waals surface area (Å²) in [6, 6.07) is 11.3. The largest absolute Gasteiger partial charge is 0.462 e. The summed E-state index contributed by atoms with van der Waals surface area (Å²) in [6.45, 7) is 5.50. The van der Waals surface area contributed by atoms with E-state index in [1.807, 2.05) is 38.1 Å². The third-order valence-electron chi connectivity index (χ3n) is 3.75. The van der Waals surface area contributed by atoms with Crippen molar-refractivity contribution in [2.24, 2.45) is 0 Å². The Kier molecular flexibility index (Phi) is 6.95. The summed E-state index contributed by atoms with van der Waals surface area (Å²) >= 11 is 0. The summed E-state index contributed by atoms with van der Waals surface area (Å²) in [6.07, 6.45) is 2.88. The number of rotatable bonds is 7. The standard InChI is InChI=1S/C21H22N2O4/c1-15-11-16(2)13-18(12-15)23(10-4-9-22)20(24)14-26-21(25)8-7-19-6-5-17(3)27-19/h5-8,11-13H,4,10,14H2,1-3H3/b8-7+. The molecule has 0 aliphatic rings. The van der Waals surface area contributed by atoms with Gasteiger partial charge in [0.15, 0.2) is 6.61 Å². The number of nitriles is 1. The topological polar surface area (TPSA) is 83.5 Å². The van der Waals surface area contributed by atoms with E-state index in [4.69, 9.17) is 14.4 Å². The van der Waals surface area contributed by atoms with Crippen molar-refractivity contribution in [3.63, 3.8) is 0 Å². The van der Waals surface area contributed by atoms with Crippen LogP contribution < -0.4 is 4.90 Å². The van der Waals surface area contributed by atoms with E-state index in [2.05, 4.69) is 0 Å². The number of furan rings is 1. The molecular formula is C21H22N2O4. The van der Waals surface area contributed by atoms with Crippen molar-refractivity contribution in [3.8, 4) is 6.07 Å². The number of ether oxygens (including phenoxy) is 1. The molecule has 1 amide bonds. The number of hydrogen-bond acceptors (Lipinski definition) is 5. The smallest absolute Gasteiger partial charge is 0.331 e. The Morgan fingerprint density at radius 3 is 2.48 bits per heavy atom. The number of carbonyl (C=O) groups excluding carboxylic acids is 2. The minimum atomic E-state index is -0.641. The average Bonchev–Trinajstić information content (AvgIpc) is 3.03. The van der Waals surface area contributed by atoms with Crippen LogP contribution in [0.1, 0.15) is 29.1 Å². The van der Waals surface area contributed by atoms with E-state index in [1.165, 1.54) is 17.1 Å². The fraction of sp³-hybridized carbons (Fsp3) is 0.286. The molecule has 1 heterocycles. The van der Waals surface area contributed by atoms with Gasteiger partial charge in [-0.15, -0.1) is 0 Å². The van der Waals surface area contributed by atoms with Gasteiger partial charge in [0.2, 0.25) is 0 Å². The molecule has 0 atom stereocenters. The van der Waals surface area contributed by atoms with Crippen LogP contribution in [-0.2, 0) is 14.3 Å². The highest BCUT2D eigenvalue weighted by atomic mass is 16.5. The first-order valence-electron chi connectivity index (χ1n) is 8.56. The number of hydrogen-bond donors (Lipinski definition) is 0. The SMILES string of the molecule is Cc1cc(C)cc(N(CCC#N)C(=O)COC(=O)/C=C/c2ccc(C)o2)c1. The van der Waals surface area contributed by atoms with E-state index >= 15 is 0 Å². The molecule has 6 nitrogen and oxygen atoms in total. The van der Waals surface area contributed by atoms with E-state index in [-0.39, 0.29) is 18.9 Å². The van der Waals surface area contributed by atoms with E-state index in [0.717, 1.165) is 16.9 Å². The Balaban J connectivity index is 2.01. The van der Waals surface area contributed by atoms with Gasteiger partial charge >= 0.3 is 5.97 Å². The van der Waals surface area contributed by atoms with Crippen molar-refractivity contribution in [3.05, 3.63) is 59.1 Å². The molecule has 140 valence electrons. The van der Waals surface area contributed by atoms with Gasteiger partial charge in [0, 0.05) is 18.3 Å². The van der Waals surface area contributed by atoms with Gasteiger partial charge in [0.05, 0.1) is 12.5 Å². The molecule has 27 heavy (non-hydrogen) atoms. The molecule has 0 bridgehead atoms. The van der Waals surface area contributed by atoms with Crippen molar-refractivity contribution in [1.82, 2.24) is 0 Å². The molecule has 0 saturated carbocycles. The summed E-state index contributed by atoms with van der Waals surface area (Å²) in [4.78, 5) is 25.9. The molecule has 1 aromatic heterocycles. The number of aryl methyl sites for hydroxylation is 3. The predicted molar refractivity (Wildman–Crippen MR) is 102 cm³/mol. The van der Waals surface area contributed by atoms with E-state index in [1.54, 1.807) is 19.1 Å². The number of nitrogens with zero attached hydrogens (tertiary/aromatic N) is 2. The van der Waals surface area contributed by atoms with Gasteiger partial charge in [-0.25, -0.2) is 4.79 Å². The normalized spacial score (nSPS) is 10.6. The Morgan fingerprint density at radius 1 is 1.19 bits per heavy atom. The first kappa shape index (κ1) is 20.0. The van der Waals surface area contributed by atoms with Crippen LogP contribution in [0.15, 0.2) is 40.8 Å². The van der Waals surface area contributed by atoms with Crippen molar-refractivity contribution in [1.29, 1.82) is 5.26 Å². The average molecular weight is 366 g/mol. The molecule has 2 aromatic rings. The molecule has 0 fully saturated rings. The van der Waals surface area contributed by atoms with Crippen LogP contribution in [0.4, 0.5) is 5.69 Å². The molecular weight excluding hydrogens is 344 g/mol. The lowest BCUT2D eigenvalue weighted by Gasteiger charge is -2.22. The minimum absolute atomic E-state index is 0.185. The van der Waals surface area contributed by atoms with Gasteiger partial charge in [-0.2, -0.15) is 5.26 Å². The predicted octanol–water partition coefficient (Wildman–Crippen LogP) is 3.71. The Hall–Kier alpha value is -3.33. The summed E-state index contributed by atoms with van der Waals surface area (Å²) < 4.78 is 10.4. The molecule has 0 unspecified atom stereocenters. The second-order valence-electron chi connectivity index (χ2n) is 6.19. The third-order valence-corrected chi connectivity index (χ3v) is 3.75. The Labute approximate surface area is 158 Å². The first-order valence-corrected chi connectivity index (χ1v) is 8.56. The quantitative estimate of drug-likeness (QED) is 0.551.